The van der Waals surface area contributed by atoms with Crippen molar-refractivity contribution in [2.75, 3.05) is 38.3 Å². The van der Waals surface area contributed by atoms with E-state index in [9.17, 15) is 13.8 Å². The fourth-order valence-electron chi connectivity index (χ4n) is 7.49. The highest BCUT2D eigenvalue weighted by atomic mass is 35.5. The highest BCUT2D eigenvalue weighted by Gasteiger charge is 2.44. The van der Waals surface area contributed by atoms with Crippen LogP contribution >= 0.6 is 11.6 Å². The first-order valence-corrected chi connectivity index (χ1v) is 18.8. The number of hydrogen-bond acceptors (Lipinski definition) is 7. The summed E-state index contributed by atoms with van der Waals surface area (Å²) in [6.45, 7) is 8.78. The quantitative estimate of drug-likeness (QED) is 0.367. The molecule has 2 aliphatic heterocycles. The molecule has 0 aromatic heterocycles. The molecule has 2 heterocycles. The van der Waals surface area contributed by atoms with Crippen molar-refractivity contribution in [3.05, 3.63) is 64.7 Å². The molecule has 2 bridgehead atoms. The van der Waals surface area contributed by atoms with E-state index in [4.69, 9.17) is 25.8 Å². The number of benzene rings is 2. The van der Waals surface area contributed by atoms with E-state index in [1.54, 1.807) is 53.0 Å². The Morgan fingerprint density at radius 3 is 2.73 bits per heavy atom. The largest absolute Gasteiger partial charge is 0.490 e. The van der Waals surface area contributed by atoms with Gasteiger partial charge in [-0.2, -0.15) is 0 Å². The lowest BCUT2D eigenvalue weighted by atomic mass is 9.68. The standard InChI is InChI=1S/C36H47ClN4O6S/c1-23(2)38-34(43)40-48(44)27-12-15-32-30(19-27)41(21-36(22-46-32)16-6-8-24-18-26(37)11-14-29(24)36)20-25-10-13-28(25)31(45-5)9-7-17-47-35(3,4)33(42)39-48/h7,9,11-12,14-15,18-19,23,25,28,31H,6,8,10,13,16-17,20-22H2,1-5H3,(H2,38,39,40,42,43,44)/t25-,28+,31-,36-,48?/m0/s1. The predicted octanol–water partition coefficient (Wildman–Crippen LogP) is 6.20. The maximum atomic E-state index is 14.8. The lowest BCUT2D eigenvalue weighted by Gasteiger charge is -2.46. The number of amides is 3. The summed E-state index contributed by atoms with van der Waals surface area (Å²) >= 11 is 6.45. The second-order valence-corrected chi connectivity index (χ2v) is 16.7. The van der Waals surface area contributed by atoms with Crippen molar-refractivity contribution in [3.8, 4) is 5.75 Å². The molecule has 3 amide bonds. The van der Waals surface area contributed by atoms with Gasteiger partial charge in [0.15, 0.2) is 9.92 Å². The van der Waals surface area contributed by atoms with Gasteiger partial charge in [-0.25, -0.2) is 13.7 Å². The smallest absolute Gasteiger partial charge is 0.327 e. The fraction of sp³-hybridized carbons (Fsp3) is 0.556. The van der Waals surface area contributed by atoms with Crippen LogP contribution in [0.1, 0.15) is 64.5 Å². The molecule has 2 aromatic carbocycles. The Morgan fingerprint density at radius 2 is 2.00 bits per heavy atom. The number of ether oxygens (including phenoxy) is 3. The number of halogens is 1. The fourth-order valence-corrected chi connectivity index (χ4v) is 9.24. The van der Waals surface area contributed by atoms with Gasteiger partial charge in [0.1, 0.15) is 11.4 Å². The van der Waals surface area contributed by atoms with E-state index in [0.717, 1.165) is 49.4 Å². The van der Waals surface area contributed by atoms with Crippen LogP contribution in [-0.2, 0) is 36.0 Å². The van der Waals surface area contributed by atoms with Crippen LogP contribution in [0.2, 0.25) is 5.02 Å². The third-order valence-electron chi connectivity index (χ3n) is 10.2. The van der Waals surface area contributed by atoms with Gasteiger partial charge in [-0.05, 0) is 113 Å². The second-order valence-electron chi connectivity index (χ2n) is 14.3. The minimum Gasteiger partial charge on any atom is -0.490 e. The molecule has 5 atom stereocenters. The number of nitrogens with one attached hydrogen (secondary N) is 2. The highest BCUT2D eigenvalue weighted by molar-refractivity contribution is 7.92. The lowest BCUT2D eigenvalue weighted by Crippen LogP contribution is -2.49. The summed E-state index contributed by atoms with van der Waals surface area (Å²) in [5.74, 6) is 0.522. The van der Waals surface area contributed by atoms with Gasteiger partial charge in [-0.1, -0.05) is 29.8 Å². The van der Waals surface area contributed by atoms with Gasteiger partial charge in [0, 0.05) is 36.7 Å². The number of hydrogen-bond donors (Lipinski definition) is 2. The van der Waals surface area contributed by atoms with Gasteiger partial charge >= 0.3 is 6.03 Å². The summed E-state index contributed by atoms with van der Waals surface area (Å²) in [5, 5.41) is 3.44. The Balaban J connectivity index is 1.50. The Morgan fingerprint density at radius 1 is 1.19 bits per heavy atom. The van der Waals surface area contributed by atoms with Gasteiger partial charge in [0.25, 0.3) is 5.91 Å². The van der Waals surface area contributed by atoms with Crippen LogP contribution in [0, 0.1) is 11.8 Å². The van der Waals surface area contributed by atoms with Crippen LogP contribution in [0.5, 0.6) is 5.75 Å². The molecule has 1 spiro atoms. The molecule has 0 radical (unpaired) electrons. The van der Waals surface area contributed by atoms with Crippen LogP contribution in [0.25, 0.3) is 0 Å². The van der Waals surface area contributed by atoms with E-state index < -0.39 is 27.5 Å². The normalized spacial score (nSPS) is 29.9. The number of carbonyl (C=O) groups excluding carboxylic acids is 2. The molecule has 1 fully saturated rings. The summed E-state index contributed by atoms with van der Waals surface area (Å²) in [7, 11) is -2.08. The van der Waals surface area contributed by atoms with E-state index in [1.807, 2.05) is 18.2 Å². The molecule has 10 nitrogen and oxygen atoms in total. The molecule has 4 aliphatic rings. The molecule has 1 unspecified atom stereocenters. The summed E-state index contributed by atoms with van der Waals surface area (Å²) in [6.07, 6.45) is 8.78. The summed E-state index contributed by atoms with van der Waals surface area (Å²) < 4.78 is 40.1. The maximum absolute atomic E-state index is 14.8. The number of nitrogens with zero attached hydrogens (tertiary/aromatic N) is 2. The number of urea groups is 1. The molecule has 2 aromatic rings. The van der Waals surface area contributed by atoms with Gasteiger partial charge in [0.05, 0.1) is 29.9 Å². The predicted molar refractivity (Wildman–Crippen MR) is 187 cm³/mol. The van der Waals surface area contributed by atoms with Crippen LogP contribution in [0.15, 0.2) is 57.8 Å². The summed E-state index contributed by atoms with van der Waals surface area (Å²) in [6, 6.07) is 10.5. The van der Waals surface area contributed by atoms with E-state index in [1.165, 1.54) is 11.1 Å². The third-order valence-corrected chi connectivity index (χ3v) is 12.2. The Bertz CT molecular complexity index is 1720. The SMILES string of the molecule is CO[C@H]1C=CCOC(C)(C)C(=O)N=S(=O)(NC(=O)NC(C)C)c2ccc3c(c2)N(C[C@@H]2CC[C@H]21)C[C@@]1(CCCc2cc(Cl)ccc21)CO3. The van der Waals surface area contributed by atoms with Gasteiger partial charge < -0.3 is 24.4 Å². The Hall–Kier alpha value is -3.12. The van der Waals surface area contributed by atoms with Crippen LogP contribution < -0.4 is 19.7 Å². The van der Waals surface area contributed by atoms with E-state index in [2.05, 4.69) is 31.4 Å². The number of rotatable bonds is 3. The number of aryl methyl sites for hydroxylation is 1. The zero-order chi connectivity index (χ0) is 34.3. The van der Waals surface area contributed by atoms with Crippen molar-refractivity contribution < 1.29 is 28.0 Å². The monoisotopic (exact) mass is 698 g/mol. The van der Waals surface area contributed by atoms with Crippen molar-refractivity contribution in [1.82, 2.24) is 10.0 Å². The van der Waals surface area contributed by atoms with Crippen LogP contribution in [-0.4, -0.2) is 67.3 Å². The van der Waals surface area contributed by atoms with E-state index in [-0.39, 0.29) is 29.1 Å². The first kappa shape index (κ1) is 34.7. The van der Waals surface area contributed by atoms with Crippen LogP contribution in [0.4, 0.5) is 10.5 Å². The zero-order valence-electron chi connectivity index (χ0n) is 28.4. The minimum atomic E-state index is -3.81. The van der Waals surface area contributed by atoms with Crippen molar-refractivity contribution in [3.63, 3.8) is 0 Å². The second kappa shape index (κ2) is 13.7. The first-order valence-electron chi connectivity index (χ1n) is 16.9. The topological polar surface area (TPSA) is 119 Å². The minimum absolute atomic E-state index is 0.105. The average Bonchev–Trinajstić information content (AvgIpc) is 3.16. The number of carbonyl (C=O) groups is 2. The van der Waals surface area contributed by atoms with Crippen molar-refractivity contribution >= 4 is 39.1 Å². The number of fused-ring (bicyclic) bond motifs is 4. The van der Waals surface area contributed by atoms with Crippen molar-refractivity contribution in [2.45, 2.75) is 87.9 Å². The molecule has 1 saturated carbocycles. The van der Waals surface area contributed by atoms with Crippen molar-refractivity contribution in [1.29, 1.82) is 0 Å². The molecular weight excluding hydrogens is 652 g/mol. The van der Waals surface area contributed by atoms with Gasteiger partial charge in [-0.3, -0.25) is 4.79 Å². The van der Waals surface area contributed by atoms with Crippen molar-refractivity contribution in [2.24, 2.45) is 16.2 Å². The summed E-state index contributed by atoms with van der Waals surface area (Å²) in [5.41, 5.74) is 1.54. The molecule has 48 heavy (non-hydrogen) atoms. The third kappa shape index (κ3) is 6.97. The summed E-state index contributed by atoms with van der Waals surface area (Å²) in [4.78, 5) is 29.2. The average molecular weight is 699 g/mol. The molecule has 6 rings (SSSR count). The Kier molecular flexibility index (Phi) is 9.88. The van der Waals surface area contributed by atoms with E-state index in [0.29, 0.717) is 30.7 Å². The number of anilines is 1. The zero-order valence-corrected chi connectivity index (χ0v) is 30.0. The molecule has 2 N–H and O–H groups in total. The molecule has 260 valence electrons. The molecule has 12 heteroatoms. The Labute approximate surface area is 289 Å². The first-order chi connectivity index (χ1) is 22.8. The molecular formula is C36H47ClN4O6S. The maximum Gasteiger partial charge on any atom is 0.327 e. The molecule has 2 aliphatic carbocycles. The molecule has 0 saturated heterocycles. The van der Waals surface area contributed by atoms with Crippen LogP contribution in [0.3, 0.4) is 0 Å². The highest BCUT2D eigenvalue weighted by Crippen LogP contribution is 2.47. The number of methoxy groups -OCH3 is 1. The van der Waals surface area contributed by atoms with E-state index >= 15 is 0 Å². The van der Waals surface area contributed by atoms with Gasteiger partial charge in [0.2, 0.25) is 0 Å². The van der Waals surface area contributed by atoms with Gasteiger partial charge in [-0.15, -0.1) is 4.36 Å². The lowest BCUT2D eigenvalue weighted by molar-refractivity contribution is -0.137.